The molecule has 2 rings (SSSR count). The number of nitrogens with zero attached hydrogens (tertiary/aromatic N) is 1. The van der Waals surface area contributed by atoms with Gasteiger partial charge in [0.25, 0.3) is 0 Å². The van der Waals surface area contributed by atoms with E-state index in [4.69, 9.17) is 21.1 Å². The van der Waals surface area contributed by atoms with Crippen molar-refractivity contribution in [2.24, 2.45) is 0 Å². The third-order valence-electron chi connectivity index (χ3n) is 3.81. The van der Waals surface area contributed by atoms with Crippen LogP contribution in [-0.4, -0.2) is 55.9 Å². The fraction of sp³-hybridized carbons (Fsp3) is 0.529. The lowest BCUT2D eigenvalue weighted by Crippen LogP contribution is -2.49. The van der Waals surface area contributed by atoms with Gasteiger partial charge in [-0.05, 0) is 38.0 Å². The molecule has 1 aromatic rings. The zero-order valence-electron chi connectivity index (χ0n) is 14.3. The van der Waals surface area contributed by atoms with E-state index in [0.717, 1.165) is 0 Å². The molecule has 1 aliphatic heterocycles. The number of amides is 3. The van der Waals surface area contributed by atoms with Crippen molar-refractivity contribution in [2.75, 3.05) is 32.8 Å². The van der Waals surface area contributed by atoms with Crippen molar-refractivity contribution < 1.29 is 19.1 Å². The van der Waals surface area contributed by atoms with Gasteiger partial charge in [0.2, 0.25) is 0 Å². The Labute approximate surface area is 152 Å². The number of urea groups is 1. The van der Waals surface area contributed by atoms with Crippen LogP contribution in [0.1, 0.15) is 19.8 Å². The Hall–Kier alpha value is -2.15. The Kier molecular flexibility index (Phi) is 7.66. The van der Waals surface area contributed by atoms with E-state index in [1.165, 1.54) is 0 Å². The maximum absolute atomic E-state index is 11.9. The molecule has 0 unspecified atom stereocenters. The Morgan fingerprint density at radius 2 is 2.08 bits per heavy atom. The lowest BCUT2D eigenvalue weighted by Gasteiger charge is -2.31. The van der Waals surface area contributed by atoms with Gasteiger partial charge in [-0.2, -0.15) is 0 Å². The van der Waals surface area contributed by atoms with Crippen LogP contribution in [0.15, 0.2) is 24.3 Å². The Morgan fingerprint density at radius 1 is 1.32 bits per heavy atom. The van der Waals surface area contributed by atoms with Crippen molar-refractivity contribution in [2.45, 2.75) is 25.8 Å². The quantitative estimate of drug-likeness (QED) is 0.755. The summed E-state index contributed by atoms with van der Waals surface area (Å²) in [5.41, 5.74) is 0. The normalized spacial score (nSPS) is 14.7. The summed E-state index contributed by atoms with van der Waals surface area (Å²) in [7, 11) is 0. The highest BCUT2D eigenvalue weighted by Gasteiger charge is 2.24. The number of halogens is 1. The van der Waals surface area contributed by atoms with Gasteiger partial charge < -0.3 is 25.0 Å². The van der Waals surface area contributed by atoms with E-state index in [0.29, 0.717) is 56.5 Å². The third kappa shape index (κ3) is 6.70. The van der Waals surface area contributed by atoms with Gasteiger partial charge in [0.1, 0.15) is 12.4 Å². The first kappa shape index (κ1) is 19.2. The first-order valence-electron chi connectivity index (χ1n) is 8.43. The van der Waals surface area contributed by atoms with Crippen molar-refractivity contribution in [3.05, 3.63) is 29.3 Å². The van der Waals surface area contributed by atoms with E-state index in [2.05, 4.69) is 10.6 Å². The van der Waals surface area contributed by atoms with Gasteiger partial charge in [-0.25, -0.2) is 9.59 Å². The summed E-state index contributed by atoms with van der Waals surface area (Å²) >= 11 is 5.87. The summed E-state index contributed by atoms with van der Waals surface area (Å²) in [5.74, 6) is 0.668. The van der Waals surface area contributed by atoms with Crippen LogP contribution in [0.3, 0.4) is 0 Å². The molecule has 7 nitrogen and oxygen atoms in total. The molecule has 0 saturated carbocycles. The minimum absolute atomic E-state index is 0.0551. The zero-order chi connectivity index (χ0) is 18.1. The SMILES string of the molecule is CCOC(=O)N1CCC(NC(=O)NCCOc2cccc(Cl)c2)CC1. The minimum Gasteiger partial charge on any atom is -0.492 e. The van der Waals surface area contributed by atoms with E-state index in [-0.39, 0.29) is 18.2 Å². The molecule has 0 aromatic heterocycles. The Bertz CT molecular complexity index is 577. The molecule has 0 atom stereocenters. The van der Waals surface area contributed by atoms with Crippen LogP contribution in [0.5, 0.6) is 5.75 Å². The van der Waals surface area contributed by atoms with E-state index in [1.54, 1.807) is 30.0 Å². The van der Waals surface area contributed by atoms with Gasteiger partial charge in [0.15, 0.2) is 0 Å². The van der Waals surface area contributed by atoms with E-state index in [9.17, 15) is 9.59 Å². The molecular formula is C17H24ClN3O4. The number of piperidine rings is 1. The summed E-state index contributed by atoms with van der Waals surface area (Å²) < 4.78 is 10.5. The van der Waals surface area contributed by atoms with Crippen molar-refractivity contribution in [1.82, 2.24) is 15.5 Å². The molecule has 1 aromatic carbocycles. The highest BCUT2D eigenvalue weighted by atomic mass is 35.5. The molecule has 3 amide bonds. The number of ether oxygens (including phenoxy) is 2. The summed E-state index contributed by atoms with van der Waals surface area (Å²) in [6.07, 6.45) is 1.14. The standard InChI is InChI=1S/C17H24ClN3O4/c1-2-24-17(23)21-9-6-14(7-10-21)20-16(22)19-8-11-25-15-5-3-4-13(18)12-15/h3-5,12,14H,2,6-11H2,1H3,(H2,19,20,22). The van der Waals surface area contributed by atoms with Crippen molar-refractivity contribution in [3.8, 4) is 5.75 Å². The number of carbonyl (C=O) groups excluding carboxylic acids is 2. The molecule has 8 heteroatoms. The van der Waals surface area contributed by atoms with Crippen LogP contribution in [0.2, 0.25) is 5.02 Å². The lowest BCUT2D eigenvalue weighted by atomic mass is 10.1. The average molecular weight is 370 g/mol. The lowest BCUT2D eigenvalue weighted by molar-refractivity contribution is 0.0957. The van der Waals surface area contributed by atoms with Crippen LogP contribution < -0.4 is 15.4 Å². The molecule has 0 bridgehead atoms. The van der Waals surface area contributed by atoms with Gasteiger partial charge in [0.05, 0.1) is 13.2 Å². The maximum atomic E-state index is 11.9. The molecule has 1 aliphatic rings. The van der Waals surface area contributed by atoms with Gasteiger partial charge in [-0.15, -0.1) is 0 Å². The largest absolute Gasteiger partial charge is 0.492 e. The molecule has 25 heavy (non-hydrogen) atoms. The second-order valence-electron chi connectivity index (χ2n) is 5.67. The average Bonchev–Trinajstić information content (AvgIpc) is 2.60. The number of benzene rings is 1. The van der Waals surface area contributed by atoms with Crippen LogP contribution in [0.4, 0.5) is 9.59 Å². The molecule has 138 valence electrons. The monoisotopic (exact) mass is 369 g/mol. The summed E-state index contributed by atoms with van der Waals surface area (Å²) in [5, 5.41) is 6.28. The molecule has 1 fully saturated rings. The van der Waals surface area contributed by atoms with Crippen LogP contribution >= 0.6 is 11.6 Å². The predicted octanol–water partition coefficient (Wildman–Crippen LogP) is 2.64. The molecular weight excluding hydrogens is 346 g/mol. The van der Waals surface area contributed by atoms with Crippen molar-refractivity contribution in [3.63, 3.8) is 0 Å². The fourth-order valence-corrected chi connectivity index (χ4v) is 2.73. The Balaban J connectivity index is 1.59. The topological polar surface area (TPSA) is 79.9 Å². The minimum atomic E-state index is -0.288. The van der Waals surface area contributed by atoms with Crippen molar-refractivity contribution >= 4 is 23.7 Å². The van der Waals surface area contributed by atoms with E-state index < -0.39 is 0 Å². The fourth-order valence-electron chi connectivity index (χ4n) is 2.55. The number of rotatable bonds is 6. The molecule has 1 heterocycles. The van der Waals surface area contributed by atoms with Crippen LogP contribution in [-0.2, 0) is 4.74 Å². The van der Waals surface area contributed by atoms with Gasteiger partial charge in [0, 0.05) is 24.2 Å². The third-order valence-corrected chi connectivity index (χ3v) is 4.04. The zero-order valence-corrected chi connectivity index (χ0v) is 15.1. The van der Waals surface area contributed by atoms with E-state index >= 15 is 0 Å². The number of likely N-dealkylation sites (tertiary alicyclic amines) is 1. The predicted molar refractivity (Wildman–Crippen MR) is 95.1 cm³/mol. The molecule has 1 saturated heterocycles. The molecule has 0 radical (unpaired) electrons. The molecule has 0 aliphatic carbocycles. The smallest absolute Gasteiger partial charge is 0.409 e. The molecule has 2 N–H and O–H groups in total. The highest BCUT2D eigenvalue weighted by Crippen LogP contribution is 2.16. The first-order valence-corrected chi connectivity index (χ1v) is 8.80. The maximum Gasteiger partial charge on any atom is 0.409 e. The van der Waals surface area contributed by atoms with Gasteiger partial charge >= 0.3 is 12.1 Å². The van der Waals surface area contributed by atoms with E-state index in [1.807, 2.05) is 6.07 Å². The second kappa shape index (κ2) is 9.98. The highest BCUT2D eigenvalue weighted by molar-refractivity contribution is 6.30. The van der Waals surface area contributed by atoms with Gasteiger partial charge in [-0.3, -0.25) is 0 Å². The second-order valence-corrected chi connectivity index (χ2v) is 6.10. The first-order chi connectivity index (χ1) is 12.1. The number of carbonyl (C=O) groups is 2. The Morgan fingerprint density at radius 3 is 2.76 bits per heavy atom. The number of hydrogen-bond acceptors (Lipinski definition) is 4. The van der Waals surface area contributed by atoms with Crippen molar-refractivity contribution in [1.29, 1.82) is 0 Å². The molecule has 0 spiro atoms. The summed E-state index contributed by atoms with van der Waals surface area (Å²) in [4.78, 5) is 25.2. The summed E-state index contributed by atoms with van der Waals surface area (Å²) in [6.45, 7) is 4.07. The van der Waals surface area contributed by atoms with Gasteiger partial charge in [-0.1, -0.05) is 17.7 Å². The van der Waals surface area contributed by atoms with Crippen LogP contribution in [0.25, 0.3) is 0 Å². The number of nitrogens with one attached hydrogen (secondary N) is 2. The summed E-state index contributed by atoms with van der Waals surface area (Å²) in [6, 6.07) is 6.93. The number of hydrogen-bond donors (Lipinski definition) is 2. The van der Waals surface area contributed by atoms with Crippen LogP contribution in [0, 0.1) is 0 Å².